The fourth-order valence-electron chi connectivity index (χ4n) is 3.25. The van der Waals surface area contributed by atoms with Gasteiger partial charge in [-0.2, -0.15) is 5.10 Å². The summed E-state index contributed by atoms with van der Waals surface area (Å²) < 4.78 is 0. The van der Waals surface area contributed by atoms with Crippen molar-refractivity contribution in [1.29, 1.82) is 0 Å². The Balaban J connectivity index is 1.75. The number of pyridine rings is 1. The van der Waals surface area contributed by atoms with Gasteiger partial charge in [0.25, 0.3) is 0 Å². The van der Waals surface area contributed by atoms with Gasteiger partial charge < -0.3 is 20.9 Å². The molecule has 4 rings (SSSR count). The number of carbonyl (C=O) groups is 1. The number of aromatic nitrogens is 5. The molecule has 0 aliphatic carbocycles. The topological polar surface area (TPSA) is 129 Å². The second-order valence-electron chi connectivity index (χ2n) is 6.45. The number of fused-ring (bicyclic) bond motifs is 3. The standard InChI is InChI=1S/C19H22N8O/c1-3-21-19(28)27(4-2)10-15-24-16-12-6-5-11(13-7-8-22-26-13)9-14(12)23-18(20)17(16)25-15/h5-9H,3-4,10H2,1-2H3,(H2,20,23)(H,21,28)(H,22,26)(H,24,25). The predicted molar refractivity (Wildman–Crippen MR) is 109 cm³/mol. The Bertz CT molecular complexity index is 1130. The molecule has 0 radical (unpaired) electrons. The molecule has 3 heterocycles. The van der Waals surface area contributed by atoms with Gasteiger partial charge in [-0.1, -0.05) is 6.07 Å². The van der Waals surface area contributed by atoms with Crippen molar-refractivity contribution in [2.24, 2.45) is 0 Å². The average molecular weight is 378 g/mol. The minimum Gasteiger partial charge on any atom is -0.382 e. The summed E-state index contributed by atoms with van der Waals surface area (Å²) in [4.78, 5) is 26.3. The molecule has 0 spiro atoms. The molecular weight excluding hydrogens is 356 g/mol. The summed E-state index contributed by atoms with van der Waals surface area (Å²) in [6.45, 7) is 5.34. The fourth-order valence-corrected chi connectivity index (χ4v) is 3.25. The van der Waals surface area contributed by atoms with Crippen molar-refractivity contribution < 1.29 is 4.79 Å². The maximum atomic E-state index is 12.2. The third kappa shape index (κ3) is 3.11. The van der Waals surface area contributed by atoms with Crippen LogP contribution in [0.2, 0.25) is 0 Å². The van der Waals surface area contributed by atoms with E-state index in [-0.39, 0.29) is 6.03 Å². The maximum absolute atomic E-state index is 12.2. The van der Waals surface area contributed by atoms with Crippen LogP contribution in [0, 0.1) is 0 Å². The number of nitrogen functional groups attached to an aromatic ring is 1. The van der Waals surface area contributed by atoms with Crippen LogP contribution in [-0.2, 0) is 6.54 Å². The molecule has 0 unspecified atom stereocenters. The molecule has 0 saturated heterocycles. The van der Waals surface area contributed by atoms with Crippen LogP contribution in [-0.4, -0.2) is 49.2 Å². The molecule has 0 bridgehead atoms. The van der Waals surface area contributed by atoms with Crippen molar-refractivity contribution in [2.45, 2.75) is 20.4 Å². The Labute approximate surface area is 161 Å². The Morgan fingerprint density at radius 1 is 1.25 bits per heavy atom. The highest BCUT2D eigenvalue weighted by atomic mass is 16.2. The van der Waals surface area contributed by atoms with Crippen molar-refractivity contribution in [3.05, 3.63) is 36.3 Å². The highest BCUT2D eigenvalue weighted by Gasteiger charge is 2.16. The lowest BCUT2D eigenvalue weighted by atomic mass is 10.1. The van der Waals surface area contributed by atoms with Gasteiger partial charge in [-0.05, 0) is 32.0 Å². The van der Waals surface area contributed by atoms with Crippen LogP contribution in [0.5, 0.6) is 0 Å². The Morgan fingerprint density at radius 2 is 2.11 bits per heavy atom. The number of urea groups is 1. The maximum Gasteiger partial charge on any atom is 0.317 e. The number of anilines is 1. The van der Waals surface area contributed by atoms with E-state index in [2.05, 4.69) is 30.5 Å². The minimum atomic E-state index is -0.120. The van der Waals surface area contributed by atoms with Gasteiger partial charge >= 0.3 is 6.03 Å². The van der Waals surface area contributed by atoms with Crippen LogP contribution in [0.15, 0.2) is 30.5 Å². The highest BCUT2D eigenvalue weighted by molar-refractivity contribution is 6.07. The zero-order valence-corrected chi connectivity index (χ0v) is 15.8. The number of hydrogen-bond acceptors (Lipinski definition) is 5. The molecule has 9 nitrogen and oxygen atoms in total. The monoisotopic (exact) mass is 378 g/mol. The van der Waals surface area contributed by atoms with E-state index >= 15 is 0 Å². The number of benzene rings is 1. The number of nitrogens with two attached hydrogens (primary N) is 1. The molecule has 5 N–H and O–H groups in total. The summed E-state index contributed by atoms with van der Waals surface area (Å²) in [6.07, 6.45) is 1.78. The molecule has 144 valence electrons. The molecule has 28 heavy (non-hydrogen) atoms. The lowest BCUT2D eigenvalue weighted by Crippen LogP contribution is -2.39. The Kier molecular flexibility index (Phi) is 4.56. The van der Waals surface area contributed by atoms with E-state index in [1.54, 1.807) is 11.1 Å². The van der Waals surface area contributed by atoms with Crippen LogP contribution in [0.3, 0.4) is 0 Å². The van der Waals surface area contributed by atoms with Gasteiger partial charge in [-0.15, -0.1) is 0 Å². The number of nitrogens with one attached hydrogen (secondary N) is 3. The molecule has 3 aromatic heterocycles. The number of nitrogens with zero attached hydrogens (tertiary/aromatic N) is 4. The van der Waals surface area contributed by atoms with E-state index in [1.807, 2.05) is 38.1 Å². The smallest absolute Gasteiger partial charge is 0.317 e. The van der Waals surface area contributed by atoms with Crippen molar-refractivity contribution in [3.63, 3.8) is 0 Å². The molecule has 0 atom stereocenters. The first-order valence-corrected chi connectivity index (χ1v) is 9.21. The summed E-state index contributed by atoms with van der Waals surface area (Å²) in [5.74, 6) is 1.02. The second kappa shape index (κ2) is 7.18. The number of amides is 2. The molecule has 9 heteroatoms. The zero-order chi connectivity index (χ0) is 19.7. The Hall–Kier alpha value is -3.62. The molecule has 0 fully saturated rings. The van der Waals surface area contributed by atoms with Crippen LogP contribution >= 0.6 is 0 Å². The van der Waals surface area contributed by atoms with Gasteiger partial charge in [-0.3, -0.25) is 5.10 Å². The summed E-state index contributed by atoms with van der Waals surface area (Å²) in [6, 6.07) is 7.71. The number of imidazole rings is 1. The summed E-state index contributed by atoms with van der Waals surface area (Å²) in [5, 5.41) is 10.8. The predicted octanol–water partition coefficient (Wildman–Crippen LogP) is 2.63. The molecule has 4 aromatic rings. The number of rotatable bonds is 5. The SMILES string of the molecule is CCNC(=O)N(CC)Cc1nc2c(N)nc3cc(-c4cc[nH]n4)ccc3c2[nH]1. The van der Waals surface area contributed by atoms with E-state index in [0.29, 0.717) is 36.8 Å². The second-order valence-corrected chi connectivity index (χ2v) is 6.45. The van der Waals surface area contributed by atoms with E-state index < -0.39 is 0 Å². The zero-order valence-electron chi connectivity index (χ0n) is 15.8. The van der Waals surface area contributed by atoms with Crippen LogP contribution in [0.4, 0.5) is 10.6 Å². The first-order valence-electron chi connectivity index (χ1n) is 9.21. The number of H-pyrrole nitrogens is 2. The van der Waals surface area contributed by atoms with Gasteiger partial charge in [0.05, 0.1) is 23.3 Å². The van der Waals surface area contributed by atoms with E-state index in [0.717, 1.165) is 27.7 Å². The van der Waals surface area contributed by atoms with Gasteiger partial charge in [0.2, 0.25) is 0 Å². The van der Waals surface area contributed by atoms with Gasteiger partial charge in [-0.25, -0.2) is 14.8 Å². The summed E-state index contributed by atoms with van der Waals surface area (Å²) in [5.41, 5.74) is 10.2. The lowest BCUT2D eigenvalue weighted by molar-refractivity contribution is 0.197. The number of aromatic amines is 2. The molecular formula is C19H22N8O. The molecule has 1 aromatic carbocycles. The van der Waals surface area contributed by atoms with Crippen LogP contribution in [0.25, 0.3) is 33.2 Å². The van der Waals surface area contributed by atoms with Gasteiger partial charge in [0.1, 0.15) is 11.3 Å². The molecule has 2 amide bonds. The minimum absolute atomic E-state index is 0.120. The number of carbonyl (C=O) groups excluding carboxylic acids is 1. The van der Waals surface area contributed by atoms with E-state index in [1.165, 1.54) is 0 Å². The number of hydrogen-bond donors (Lipinski definition) is 4. The van der Waals surface area contributed by atoms with Crippen molar-refractivity contribution in [3.8, 4) is 11.3 Å². The van der Waals surface area contributed by atoms with Crippen LogP contribution < -0.4 is 11.1 Å². The molecule has 0 aliphatic rings. The molecule has 0 saturated carbocycles. The average Bonchev–Trinajstić information content (AvgIpc) is 3.36. The van der Waals surface area contributed by atoms with Gasteiger partial charge in [0, 0.05) is 30.2 Å². The first kappa shape index (κ1) is 17.8. The van der Waals surface area contributed by atoms with Crippen molar-refractivity contribution in [1.82, 2.24) is 35.4 Å². The Morgan fingerprint density at radius 3 is 2.82 bits per heavy atom. The van der Waals surface area contributed by atoms with Gasteiger partial charge in [0.15, 0.2) is 5.82 Å². The quantitative estimate of drug-likeness (QED) is 0.424. The largest absolute Gasteiger partial charge is 0.382 e. The third-order valence-corrected chi connectivity index (χ3v) is 4.64. The normalized spacial score (nSPS) is 11.2. The van der Waals surface area contributed by atoms with E-state index in [4.69, 9.17) is 5.73 Å². The van der Waals surface area contributed by atoms with Crippen molar-refractivity contribution in [2.75, 3.05) is 18.8 Å². The van der Waals surface area contributed by atoms with Crippen molar-refractivity contribution >= 4 is 33.8 Å². The lowest BCUT2D eigenvalue weighted by Gasteiger charge is -2.19. The highest BCUT2D eigenvalue weighted by Crippen LogP contribution is 2.29. The fraction of sp³-hybridized carbons (Fsp3) is 0.263. The summed E-state index contributed by atoms with van der Waals surface area (Å²) in [7, 11) is 0. The summed E-state index contributed by atoms with van der Waals surface area (Å²) >= 11 is 0. The van der Waals surface area contributed by atoms with E-state index in [9.17, 15) is 4.79 Å². The first-order chi connectivity index (χ1) is 13.6. The molecule has 0 aliphatic heterocycles. The van der Waals surface area contributed by atoms with Crippen LogP contribution in [0.1, 0.15) is 19.7 Å². The third-order valence-electron chi connectivity index (χ3n) is 4.64.